The van der Waals surface area contributed by atoms with Crippen molar-refractivity contribution in [3.8, 4) is 11.5 Å². The zero-order valence-corrected chi connectivity index (χ0v) is 22.4. The van der Waals surface area contributed by atoms with Crippen molar-refractivity contribution in [2.75, 3.05) is 0 Å². The molecule has 0 saturated carbocycles. The van der Waals surface area contributed by atoms with Crippen molar-refractivity contribution in [2.45, 2.75) is 19.6 Å². The summed E-state index contributed by atoms with van der Waals surface area (Å²) in [6.07, 6.45) is 0. The third-order valence-corrected chi connectivity index (χ3v) is 9.59. The number of halogens is 2. The first-order valence-electron chi connectivity index (χ1n) is 10.2. The van der Waals surface area contributed by atoms with Gasteiger partial charge in [0.2, 0.25) is 9.84 Å². The average Bonchev–Trinajstić information content (AvgIpc) is 2.87. The summed E-state index contributed by atoms with van der Waals surface area (Å²) in [5, 5.41) is 0.751. The lowest BCUT2D eigenvalue weighted by atomic mass is 10.3. The Morgan fingerprint density at radius 3 is 1.14 bits per heavy atom. The highest BCUT2D eigenvalue weighted by Crippen LogP contribution is 2.28. The Morgan fingerprint density at radius 1 is 0.459 bits per heavy atom. The van der Waals surface area contributed by atoms with Crippen LogP contribution in [0.25, 0.3) is 0 Å². The largest absolute Gasteiger partial charge is 0.379 e. The van der Waals surface area contributed by atoms with E-state index in [0.29, 0.717) is 10.0 Å². The molecular weight excluding hydrogens is 583 g/mol. The fraction of sp³-hybridized carbons (Fsp3) is 0. The van der Waals surface area contributed by atoms with Gasteiger partial charge in [0.15, 0.2) is 0 Å². The first-order chi connectivity index (χ1) is 17.4. The molecular formula is C24H16Cl2O8S3. The smallest absolute Gasteiger partial charge is 0.339 e. The molecule has 0 heterocycles. The average molecular weight is 599 g/mol. The van der Waals surface area contributed by atoms with E-state index in [1.165, 1.54) is 84.9 Å². The second-order valence-corrected chi connectivity index (χ2v) is 13.4. The Balaban J connectivity index is 1.65. The van der Waals surface area contributed by atoms with Crippen LogP contribution in [-0.2, 0) is 30.1 Å². The van der Waals surface area contributed by atoms with Crippen molar-refractivity contribution >= 4 is 53.3 Å². The second kappa shape index (κ2) is 10.3. The van der Waals surface area contributed by atoms with Gasteiger partial charge in [0.05, 0.1) is 9.79 Å². The molecule has 0 spiro atoms. The van der Waals surface area contributed by atoms with Crippen LogP contribution in [-0.4, -0.2) is 25.3 Å². The molecule has 0 radical (unpaired) electrons. The summed E-state index contributed by atoms with van der Waals surface area (Å²) in [5.74, 6) is -0.0347. The minimum absolute atomic E-state index is 0.0174. The highest BCUT2D eigenvalue weighted by atomic mass is 35.5. The number of hydrogen-bond donors (Lipinski definition) is 0. The van der Waals surface area contributed by atoms with Gasteiger partial charge in [0.25, 0.3) is 0 Å². The van der Waals surface area contributed by atoms with E-state index in [-0.39, 0.29) is 21.3 Å². The molecule has 0 amide bonds. The van der Waals surface area contributed by atoms with Crippen LogP contribution in [0.4, 0.5) is 0 Å². The minimum atomic E-state index is -4.39. The second-order valence-electron chi connectivity index (χ2n) is 7.44. The molecule has 0 atom stereocenters. The van der Waals surface area contributed by atoms with Gasteiger partial charge in [-0.05, 0) is 84.9 Å². The van der Waals surface area contributed by atoms with E-state index >= 15 is 0 Å². The Morgan fingerprint density at radius 2 is 0.784 bits per heavy atom. The number of sulfone groups is 1. The first-order valence-corrected chi connectivity index (χ1v) is 15.3. The van der Waals surface area contributed by atoms with Crippen LogP contribution in [0.15, 0.2) is 117 Å². The van der Waals surface area contributed by atoms with Crippen molar-refractivity contribution in [3.05, 3.63) is 107 Å². The molecule has 192 valence electrons. The van der Waals surface area contributed by atoms with Crippen LogP contribution in [0.1, 0.15) is 0 Å². The summed E-state index contributed by atoms with van der Waals surface area (Å²) in [6, 6.07) is 20.1. The quantitative estimate of drug-likeness (QED) is 0.248. The van der Waals surface area contributed by atoms with Crippen molar-refractivity contribution in [3.63, 3.8) is 0 Å². The molecule has 37 heavy (non-hydrogen) atoms. The molecule has 4 aromatic carbocycles. The summed E-state index contributed by atoms with van der Waals surface area (Å²) in [4.78, 5) is -1.61. The summed E-state index contributed by atoms with van der Waals surface area (Å²) in [6.45, 7) is 0. The predicted octanol–water partition coefficient (Wildman–Crippen LogP) is 5.36. The molecule has 0 unspecified atom stereocenters. The Labute approximate surface area is 224 Å². The molecule has 4 rings (SSSR count). The van der Waals surface area contributed by atoms with Crippen LogP contribution in [0.5, 0.6) is 11.5 Å². The van der Waals surface area contributed by atoms with Crippen molar-refractivity contribution in [2.24, 2.45) is 0 Å². The van der Waals surface area contributed by atoms with Crippen LogP contribution in [0.3, 0.4) is 0 Å². The number of hydrogen-bond acceptors (Lipinski definition) is 8. The fourth-order valence-electron chi connectivity index (χ4n) is 3.06. The standard InChI is InChI=1S/C24H16Cl2O8S3/c25-17-7-11-19(12-8-17)33-36(29,30)23-5-1-3-21(15-23)35(27,28)22-4-2-6-24(16-22)37(31,32)34-20-13-9-18(26)10-14-20/h1-16H. The molecule has 0 saturated heterocycles. The summed E-state index contributed by atoms with van der Waals surface area (Å²) in [7, 11) is -13.1. The molecule has 0 fully saturated rings. The molecule has 0 aliphatic rings. The van der Waals surface area contributed by atoms with E-state index in [9.17, 15) is 25.3 Å². The molecule has 0 aromatic heterocycles. The fourth-order valence-corrected chi connectivity index (χ4v) is 6.77. The maximum absolute atomic E-state index is 13.3. The van der Waals surface area contributed by atoms with E-state index in [4.69, 9.17) is 31.6 Å². The van der Waals surface area contributed by atoms with Gasteiger partial charge in [-0.2, -0.15) is 16.8 Å². The third-order valence-electron chi connectivity index (χ3n) is 4.85. The van der Waals surface area contributed by atoms with E-state index in [0.717, 1.165) is 12.1 Å². The number of rotatable bonds is 8. The molecule has 0 aliphatic carbocycles. The van der Waals surface area contributed by atoms with Crippen molar-refractivity contribution in [1.82, 2.24) is 0 Å². The van der Waals surface area contributed by atoms with Gasteiger partial charge in [0.1, 0.15) is 21.3 Å². The SMILES string of the molecule is O=S(=O)(Oc1ccc(Cl)cc1)c1cccc(S(=O)(=O)c2cccc(S(=O)(=O)Oc3ccc(Cl)cc3)c2)c1. The third kappa shape index (κ3) is 6.25. The summed E-state index contributed by atoms with van der Waals surface area (Å²) >= 11 is 11.6. The molecule has 0 N–H and O–H groups in total. The monoisotopic (exact) mass is 598 g/mol. The Kier molecular flexibility index (Phi) is 7.54. The zero-order valence-electron chi connectivity index (χ0n) is 18.5. The van der Waals surface area contributed by atoms with Gasteiger partial charge in [-0.1, -0.05) is 35.3 Å². The molecule has 13 heteroatoms. The zero-order chi connectivity index (χ0) is 26.8. The van der Waals surface area contributed by atoms with Crippen molar-refractivity contribution < 1.29 is 33.6 Å². The van der Waals surface area contributed by atoms with Gasteiger partial charge in [0, 0.05) is 10.0 Å². The molecule has 4 aromatic rings. The van der Waals surface area contributed by atoms with Crippen LogP contribution in [0, 0.1) is 0 Å². The maximum Gasteiger partial charge on any atom is 0.339 e. The predicted molar refractivity (Wildman–Crippen MR) is 137 cm³/mol. The van der Waals surface area contributed by atoms with Gasteiger partial charge >= 0.3 is 20.2 Å². The number of benzene rings is 4. The van der Waals surface area contributed by atoms with E-state index in [1.54, 1.807) is 0 Å². The van der Waals surface area contributed by atoms with E-state index < -0.39 is 39.9 Å². The lowest BCUT2D eigenvalue weighted by Crippen LogP contribution is -2.12. The van der Waals surface area contributed by atoms with Crippen LogP contribution < -0.4 is 8.37 Å². The Hall–Kier alpha value is -3.09. The first kappa shape index (κ1) is 27.0. The molecule has 0 aliphatic heterocycles. The maximum atomic E-state index is 13.3. The highest BCUT2D eigenvalue weighted by Gasteiger charge is 2.25. The molecule has 0 bridgehead atoms. The van der Waals surface area contributed by atoms with Crippen LogP contribution >= 0.6 is 23.2 Å². The van der Waals surface area contributed by atoms with Gasteiger partial charge in [-0.3, -0.25) is 0 Å². The van der Waals surface area contributed by atoms with Gasteiger partial charge in [-0.15, -0.1) is 0 Å². The lowest BCUT2D eigenvalue weighted by molar-refractivity contribution is 0.484. The van der Waals surface area contributed by atoms with E-state index in [2.05, 4.69) is 0 Å². The van der Waals surface area contributed by atoms with Gasteiger partial charge < -0.3 is 8.37 Å². The topological polar surface area (TPSA) is 121 Å². The normalized spacial score (nSPS) is 12.2. The van der Waals surface area contributed by atoms with Crippen molar-refractivity contribution in [1.29, 1.82) is 0 Å². The lowest BCUT2D eigenvalue weighted by Gasteiger charge is -2.11. The van der Waals surface area contributed by atoms with E-state index in [1.807, 2.05) is 0 Å². The summed E-state index contributed by atoms with van der Waals surface area (Å²) in [5.41, 5.74) is 0. The highest BCUT2D eigenvalue weighted by molar-refractivity contribution is 7.91. The summed E-state index contributed by atoms with van der Waals surface area (Å²) < 4.78 is 87.6. The molecule has 8 nitrogen and oxygen atoms in total. The van der Waals surface area contributed by atoms with Crippen LogP contribution in [0.2, 0.25) is 10.0 Å². The minimum Gasteiger partial charge on any atom is -0.379 e. The Bertz CT molecular complexity index is 1640. The van der Waals surface area contributed by atoms with Gasteiger partial charge in [-0.25, -0.2) is 8.42 Å².